The lowest BCUT2D eigenvalue weighted by Gasteiger charge is -2.26. The number of carbonyl (C=O) groups excluding carboxylic acids is 1. The summed E-state index contributed by atoms with van der Waals surface area (Å²) in [5.41, 5.74) is 1.46. The van der Waals surface area contributed by atoms with Crippen LogP contribution in [0.3, 0.4) is 0 Å². The lowest BCUT2D eigenvalue weighted by molar-refractivity contribution is -0.113. The number of hydrogen-bond acceptors (Lipinski definition) is 9. The summed E-state index contributed by atoms with van der Waals surface area (Å²) in [5.74, 6) is 0.726. The fourth-order valence-electron chi connectivity index (χ4n) is 3.91. The molecule has 1 saturated heterocycles. The summed E-state index contributed by atoms with van der Waals surface area (Å²) < 4.78 is 44.4. The van der Waals surface area contributed by atoms with Crippen molar-refractivity contribution in [1.82, 2.24) is 14.5 Å². The zero-order valence-corrected chi connectivity index (χ0v) is 23.3. The van der Waals surface area contributed by atoms with Crippen molar-refractivity contribution < 1.29 is 27.1 Å². The standard InChI is InChI=1S/C26H32N4O6S2/c1-18(2)35-23-10-9-21(38(32,33)30-11-13-34-14-12-30)16-22(23)27-24(31)17-37-26-29-28-25(36-26)15-19(3)20-7-5-4-6-8-20/h4-10,16,18-19H,11-15,17H2,1-3H3,(H,27,31). The van der Waals surface area contributed by atoms with Gasteiger partial charge in [-0.2, -0.15) is 4.31 Å². The Morgan fingerprint density at radius 2 is 1.84 bits per heavy atom. The smallest absolute Gasteiger partial charge is 0.277 e. The Labute approximate surface area is 227 Å². The highest BCUT2D eigenvalue weighted by Crippen LogP contribution is 2.31. The van der Waals surface area contributed by atoms with E-state index in [0.29, 0.717) is 31.3 Å². The minimum atomic E-state index is -3.74. The van der Waals surface area contributed by atoms with E-state index in [1.807, 2.05) is 32.0 Å². The van der Waals surface area contributed by atoms with E-state index in [2.05, 4.69) is 34.6 Å². The number of ether oxygens (including phenoxy) is 2. The van der Waals surface area contributed by atoms with Crippen molar-refractivity contribution in [2.24, 2.45) is 0 Å². The van der Waals surface area contributed by atoms with Gasteiger partial charge in [0, 0.05) is 19.5 Å². The minimum Gasteiger partial charge on any atom is -0.489 e. The molecule has 1 fully saturated rings. The molecule has 38 heavy (non-hydrogen) atoms. The number of amides is 1. The lowest BCUT2D eigenvalue weighted by Crippen LogP contribution is -2.40. The van der Waals surface area contributed by atoms with Crippen LogP contribution in [0.5, 0.6) is 5.75 Å². The number of carbonyl (C=O) groups is 1. The number of morpholine rings is 1. The molecule has 4 rings (SSSR count). The number of benzene rings is 2. The number of hydrogen-bond donors (Lipinski definition) is 1. The van der Waals surface area contributed by atoms with Crippen molar-refractivity contribution in [3.63, 3.8) is 0 Å². The lowest BCUT2D eigenvalue weighted by atomic mass is 9.98. The Morgan fingerprint density at radius 1 is 1.11 bits per heavy atom. The molecule has 0 radical (unpaired) electrons. The molecule has 12 heteroatoms. The van der Waals surface area contributed by atoms with Gasteiger partial charge in [0.1, 0.15) is 5.75 Å². The van der Waals surface area contributed by atoms with Gasteiger partial charge in [0.25, 0.3) is 5.22 Å². The van der Waals surface area contributed by atoms with Crippen LogP contribution in [0.1, 0.15) is 38.1 Å². The van der Waals surface area contributed by atoms with E-state index < -0.39 is 10.0 Å². The van der Waals surface area contributed by atoms with Crippen LogP contribution in [0, 0.1) is 0 Å². The van der Waals surface area contributed by atoms with Crippen LogP contribution in [-0.4, -0.2) is 67.0 Å². The monoisotopic (exact) mass is 560 g/mol. The molecule has 1 aliphatic heterocycles. The Kier molecular flexibility index (Phi) is 9.42. The second-order valence-electron chi connectivity index (χ2n) is 9.16. The molecule has 0 bridgehead atoms. The van der Waals surface area contributed by atoms with E-state index in [1.165, 1.54) is 22.0 Å². The van der Waals surface area contributed by atoms with Gasteiger partial charge in [-0.25, -0.2) is 8.42 Å². The molecule has 204 valence electrons. The third kappa shape index (κ3) is 7.34. The number of nitrogens with one attached hydrogen (secondary N) is 1. The summed E-state index contributed by atoms with van der Waals surface area (Å²) in [5, 5.41) is 11.2. The number of nitrogens with zero attached hydrogens (tertiary/aromatic N) is 3. The fraction of sp³-hybridized carbons (Fsp3) is 0.423. The maximum Gasteiger partial charge on any atom is 0.277 e. The fourth-order valence-corrected chi connectivity index (χ4v) is 5.93. The molecule has 1 aliphatic rings. The predicted molar refractivity (Wildman–Crippen MR) is 144 cm³/mol. The Hall–Kier alpha value is -2.93. The summed E-state index contributed by atoms with van der Waals surface area (Å²) >= 11 is 1.11. The third-order valence-electron chi connectivity index (χ3n) is 5.82. The van der Waals surface area contributed by atoms with Crippen LogP contribution in [0.15, 0.2) is 63.1 Å². The van der Waals surface area contributed by atoms with Crippen molar-refractivity contribution in [2.45, 2.75) is 49.3 Å². The summed E-state index contributed by atoms with van der Waals surface area (Å²) in [6, 6.07) is 14.5. The molecule has 3 aromatic rings. The quantitative estimate of drug-likeness (QED) is 0.347. The molecule has 0 saturated carbocycles. The molecule has 1 amide bonds. The predicted octanol–water partition coefficient (Wildman–Crippen LogP) is 3.95. The van der Waals surface area contributed by atoms with Crippen molar-refractivity contribution in [3.8, 4) is 5.75 Å². The van der Waals surface area contributed by atoms with Crippen molar-refractivity contribution >= 4 is 33.4 Å². The molecule has 1 unspecified atom stereocenters. The second kappa shape index (κ2) is 12.7. The number of anilines is 1. The zero-order valence-electron chi connectivity index (χ0n) is 21.6. The highest BCUT2D eigenvalue weighted by molar-refractivity contribution is 7.99. The van der Waals surface area contributed by atoms with Crippen LogP contribution in [-0.2, 0) is 26.0 Å². The number of rotatable bonds is 11. The molecular weight excluding hydrogens is 528 g/mol. The van der Waals surface area contributed by atoms with Gasteiger partial charge in [-0.3, -0.25) is 4.79 Å². The first kappa shape index (κ1) is 28.1. The minimum absolute atomic E-state index is 0.00255. The maximum atomic E-state index is 13.1. The van der Waals surface area contributed by atoms with Crippen molar-refractivity contribution in [3.05, 3.63) is 60.0 Å². The van der Waals surface area contributed by atoms with Crippen LogP contribution in [0.25, 0.3) is 0 Å². The summed E-state index contributed by atoms with van der Waals surface area (Å²) in [6.45, 7) is 7.04. The average Bonchev–Trinajstić information content (AvgIpc) is 3.36. The van der Waals surface area contributed by atoms with Crippen LogP contribution < -0.4 is 10.1 Å². The van der Waals surface area contributed by atoms with Gasteiger partial charge >= 0.3 is 0 Å². The molecule has 0 spiro atoms. The van der Waals surface area contributed by atoms with Gasteiger partial charge in [-0.15, -0.1) is 10.2 Å². The van der Waals surface area contributed by atoms with E-state index in [9.17, 15) is 13.2 Å². The first-order valence-electron chi connectivity index (χ1n) is 12.4. The highest BCUT2D eigenvalue weighted by Gasteiger charge is 2.27. The van der Waals surface area contributed by atoms with E-state index in [0.717, 1.165) is 11.8 Å². The summed E-state index contributed by atoms with van der Waals surface area (Å²) in [7, 11) is -3.74. The SMILES string of the molecule is CC(C)Oc1ccc(S(=O)(=O)N2CCOCC2)cc1NC(=O)CSc1nnc(CC(C)c2ccccc2)o1. The number of sulfonamides is 1. The Balaban J connectivity index is 1.40. The van der Waals surface area contributed by atoms with E-state index in [-0.39, 0.29) is 52.6 Å². The average molecular weight is 561 g/mol. The molecule has 10 nitrogen and oxygen atoms in total. The van der Waals surface area contributed by atoms with Gasteiger partial charge in [-0.05, 0) is 43.5 Å². The topological polar surface area (TPSA) is 124 Å². The van der Waals surface area contributed by atoms with Gasteiger partial charge in [-0.1, -0.05) is 49.0 Å². The van der Waals surface area contributed by atoms with Gasteiger partial charge in [0.15, 0.2) is 0 Å². The number of thioether (sulfide) groups is 1. The van der Waals surface area contributed by atoms with Crippen LogP contribution in [0.4, 0.5) is 5.69 Å². The molecule has 1 atom stereocenters. The van der Waals surface area contributed by atoms with Crippen molar-refractivity contribution in [1.29, 1.82) is 0 Å². The van der Waals surface area contributed by atoms with Gasteiger partial charge in [0.2, 0.25) is 21.8 Å². The molecule has 1 aromatic heterocycles. The maximum absolute atomic E-state index is 13.1. The van der Waals surface area contributed by atoms with E-state index >= 15 is 0 Å². The van der Waals surface area contributed by atoms with E-state index in [4.69, 9.17) is 13.9 Å². The number of aromatic nitrogens is 2. The van der Waals surface area contributed by atoms with Crippen LogP contribution in [0.2, 0.25) is 0 Å². The first-order chi connectivity index (χ1) is 18.2. The largest absolute Gasteiger partial charge is 0.489 e. The first-order valence-corrected chi connectivity index (χ1v) is 14.8. The zero-order chi connectivity index (χ0) is 27.1. The normalized spacial score (nSPS) is 15.4. The Morgan fingerprint density at radius 3 is 2.55 bits per heavy atom. The Bertz CT molecular complexity index is 1320. The molecule has 0 aliphatic carbocycles. The summed E-state index contributed by atoms with van der Waals surface area (Å²) in [4.78, 5) is 12.9. The second-order valence-corrected chi connectivity index (χ2v) is 12.0. The third-order valence-corrected chi connectivity index (χ3v) is 8.53. The summed E-state index contributed by atoms with van der Waals surface area (Å²) in [6.07, 6.45) is 0.418. The molecule has 1 N–H and O–H groups in total. The van der Waals surface area contributed by atoms with Crippen LogP contribution >= 0.6 is 11.8 Å². The van der Waals surface area contributed by atoms with Gasteiger partial charge < -0.3 is 19.2 Å². The van der Waals surface area contributed by atoms with Crippen molar-refractivity contribution in [2.75, 3.05) is 37.4 Å². The molecule has 2 aromatic carbocycles. The molecule has 2 heterocycles. The highest BCUT2D eigenvalue weighted by atomic mass is 32.2. The van der Waals surface area contributed by atoms with E-state index in [1.54, 1.807) is 6.07 Å². The van der Waals surface area contributed by atoms with Gasteiger partial charge in [0.05, 0.1) is 35.7 Å². The molecular formula is C26H32N4O6S2.